The zero-order valence-electron chi connectivity index (χ0n) is 10.9. The number of pyridine rings is 1. The Morgan fingerprint density at radius 2 is 1.70 bits per heavy atom. The van der Waals surface area contributed by atoms with Crippen LogP contribution in [0.4, 0.5) is 5.69 Å². The molecule has 1 aliphatic heterocycles. The number of hydrogen-bond donors (Lipinski definition) is 0. The van der Waals surface area contributed by atoms with Gasteiger partial charge in [0.1, 0.15) is 0 Å². The fourth-order valence-corrected chi connectivity index (χ4v) is 2.38. The lowest BCUT2D eigenvalue weighted by atomic mass is 10.2. The summed E-state index contributed by atoms with van der Waals surface area (Å²) in [5, 5.41) is 0. The number of fused-ring (bicyclic) bond motifs is 1. The van der Waals surface area contributed by atoms with Crippen molar-refractivity contribution in [2.45, 2.75) is 0 Å². The maximum Gasteiger partial charge on any atom is 0.334 e. The van der Waals surface area contributed by atoms with Gasteiger partial charge in [0.25, 0.3) is 0 Å². The largest absolute Gasteiger partial charge is 0.334 e. The van der Waals surface area contributed by atoms with Gasteiger partial charge in [-0.15, -0.1) is 0 Å². The van der Waals surface area contributed by atoms with Crippen LogP contribution in [-0.2, 0) is 7.05 Å². The van der Waals surface area contributed by atoms with E-state index in [1.54, 1.807) is 22.4 Å². The Labute approximate surface area is 115 Å². The van der Waals surface area contributed by atoms with Gasteiger partial charge in [-0.1, -0.05) is 0 Å². The second-order valence-corrected chi connectivity index (χ2v) is 4.74. The van der Waals surface area contributed by atoms with Gasteiger partial charge in [-0.05, 0) is 36.4 Å². The van der Waals surface area contributed by atoms with Crippen LogP contribution in [-0.4, -0.2) is 14.1 Å². The number of nitrogens with zero attached hydrogens (tertiary/aromatic N) is 4. The quantitative estimate of drug-likeness (QED) is 0.711. The fraction of sp³-hybridized carbons (Fsp3) is 0.0667. The molecule has 0 saturated carbocycles. The molecule has 0 saturated heterocycles. The Balaban J connectivity index is 1.93. The third kappa shape index (κ3) is 1.50. The van der Waals surface area contributed by atoms with Crippen LogP contribution in [0, 0.1) is 0 Å². The highest BCUT2D eigenvalue weighted by atomic mass is 16.1. The minimum atomic E-state index is -0.0868. The van der Waals surface area contributed by atoms with Crippen LogP contribution < -0.4 is 10.6 Å². The van der Waals surface area contributed by atoms with Crippen molar-refractivity contribution in [1.82, 2.24) is 14.1 Å². The lowest BCUT2D eigenvalue weighted by Crippen LogP contribution is -2.20. The average Bonchev–Trinajstić information content (AvgIpc) is 3.29. The second-order valence-electron chi connectivity index (χ2n) is 4.74. The first-order valence-electron chi connectivity index (χ1n) is 6.35. The smallest absolute Gasteiger partial charge is 0.321 e. The molecule has 0 N–H and O–H groups in total. The predicted octanol–water partition coefficient (Wildman–Crippen LogP) is 2.02. The van der Waals surface area contributed by atoms with Gasteiger partial charge in [0.05, 0.1) is 11.2 Å². The van der Waals surface area contributed by atoms with Gasteiger partial charge < -0.3 is 4.90 Å². The van der Waals surface area contributed by atoms with Crippen LogP contribution in [0.3, 0.4) is 0 Å². The zero-order valence-corrected chi connectivity index (χ0v) is 10.9. The molecule has 5 heteroatoms. The summed E-state index contributed by atoms with van der Waals surface area (Å²) in [6.45, 7) is 0. The molecule has 0 atom stereocenters. The van der Waals surface area contributed by atoms with E-state index in [0.29, 0.717) is 5.65 Å². The number of imidazole rings is 1. The monoisotopic (exact) mass is 264 g/mol. The van der Waals surface area contributed by atoms with E-state index in [-0.39, 0.29) is 5.69 Å². The van der Waals surface area contributed by atoms with Crippen molar-refractivity contribution in [3.8, 4) is 5.69 Å². The van der Waals surface area contributed by atoms with E-state index in [4.69, 9.17) is 0 Å². The van der Waals surface area contributed by atoms with Gasteiger partial charge in [0.2, 0.25) is 0 Å². The van der Waals surface area contributed by atoms with Crippen LogP contribution in [0.1, 0.15) is 0 Å². The number of aryl methyl sites for hydroxylation is 1. The van der Waals surface area contributed by atoms with Crippen LogP contribution >= 0.6 is 0 Å². The lowest BCUT2D eigenvalue weighted by Gasteiger charge is -2.06. The van der Waals surface area contributed by atoms with Crippen molar-refractivity contribution in [3.05, 3.63) is 65.5 Å². The van der Waals surface area contributed by atoms with Gasteiger partial charge in [-0.3, -0.25) is 4.57 Å². The number of hydrogen-bond acceptors (Lipinski definition) is 3. The van der Waals surface area contributed by atoms with Gasteiger partial charge >= 0.3 is 5.69 Å². The van der Waals surface area contributed by atoms with E-state index < -0.39 is 0 Å². The Kier molecular flexibility index (Phi) is 2.12. The zero-order chi connectivity index (χ0) is 13.7. The molecule has 0 amide bonds. The van der Waals surface area contributed by atoms with Crippen molar-refractivity contribution < 1.29 is 0 Å². The highest BCUT2D eigenvalue weighted by Gasteiger charge is 2.14. The molecule has 3 aromatic rings. The van der Waals surface area contributed by atoms with Crippen LogP contribution in [0.15, 0.2) is 59.8 Å². The molecule has 1 aliphatic rings. The van der Waals surface area contributed by atoms with E-state index in [1.165, 1.54) is 0 Å². The topological polar surface area (TPSA) is 42.8 Å². The van der Waals surface area contributed by atoms with Crippen LogP contribution in [0.5, 0.6) is 0 Å². The molecule has 98 valence electrons. The lowest BCUT2D eigenvalue weighted by molar-refractivity contribution is 0.845. The summed E-state index contributed by atoms with van der Waals surface area (Å²) in [5.41, 5.74) is 3.34. The molecular formula is C15H12N4O. The molecule has 3 heterocycles. The number of rotatable bonds is 2. The Morgan fingerprint density at radius 3 is 2.40 bits per heavy atom. The van der Waals surface area contributed by atoms with Gasteiger partial charge in [-0.2, -0.15) is 0 Å². The summed E-state index contributed by atoms with van der Waals surface area (Å²) < 4.78 is 3.25. The molecule has 0 bridgehead atoms. The van der Waals surface area contributed by atoms with Gasteiger partial charge in [0, 0.05) is 31.3 Å². The summed E-state index contributed by atoms with van der Waals surface area (Å²) in [6, 6.07) is 11.6. The summed E-state index contributed by atoms with van der Waals surface area (Å²) in [7, 11) is 1.76. The summed E-state index contributed by atoms with van der Waals surface area (Å²) in [4.78, 5) is 18.7. The SMILES string of the molecule is Cn1c(=O)n(-c2ccc(N3C=C3)cc2)c2ncccc21. The van der Waals surface area contributed by atoms with Crippen molar-refractivity contribution >= 4 is 16.9 Å². The van der Waals surface area contributed by atoms with E-state index in [2.05, 4.69) is 4.98 Å². The minimum absolute atomic E-state index is 0.0868. The van der Waals surface area contributed by atoms with Crippen molar-refractivity contribution in [2.24, 2.45) is 7.05 Å². The van der Waals surface area contributed by atoms with E-state index in [9.17, 15) is 4.79 Å². The first-order chi connectivity index (χ1) is 9.75. The molecular weight excluding hydrogens is 252 g/mol. The van der Waals surface area contributed by atoms with Crippen LogP contribution in [0.2, 0.25) is 0 Å². The van der Waals surface area contributed by atoms with Crippen molar-refractivity contribution in [2.75, 3.05) is 4.90 Å². The molecule has 5 nitrogen and oxygen atoms in total. The van der Waals surface area contributed by atoms with E-state index in [1.807, 2.05) is 53.7 Å². The molecule has 0 radical (unpaired) electrons. The number of anilines is 1. The van der Waals surface area contributed by atoms with Crippen molar-refractivity contribution in [1.29, 1.82) is 0 Å². The summed E-state index contributed by atoms with van der Waals surface area (Å²) in [6.07, 6.45) is 5.67. The Bertz CT molecular complexity index is 880. The summed E-state index contributed by atoms with van der Waals surface area (Å²) >= 11 is 0. The average molecular weight is 264 g/mol. The van der Waals surface area contributed by atoms with E-state index in [0.717, 1.165) is 16.9 Å². The molecule has 0 unspecified atom stereocenters. The molecule has 0 aliphatic carbocycles. The fourth-order valence-electron chi connectivity index (χ4n) is 2.38. The molecule has 0 fully saturated rings. The first-order valence-corrected chi connectivity index (χ1v) is 6.35. The van der Waals surface area contributed by atoms with Crippen LogP contribution in [0.25, 0.3) is 16.9 Å². The highest BCUT2D eigenvalue weighted by molar-refractivity contribution is 5.74. The highest BCUT2D eigenvalue weighted by Crippen LogP contribution is 2.24. The normalized spacial score (nSPS) is 13.2. The predicted molar refractivity (Wildman–Crippen MR) is 77.9 cm³/mol. The molecule has 20 heavy (non-hydrogen) atoms. The third-order valence-electron chi connectivity index (χ3n) is 3.52. The number of benzene rings is 1. The first kappa shape index (κ1) is 11.0. The maximum atomic E-state index is 12.4. The second kappa shape index (κ2) is 3.84. The third-order valence-corrected chi connectivity index (χ3v) is 3.52. The van der Waals surface area contributed by atoms with E-state index >= 15 is 0 Å². The van der Waals surface area contributed by atoms with Crippen molar-refractivity contribution in [3.63, 3.8) is 0 Å². The summed E-state index contributed by atoms with van der Waals surface area (Å²) in [5.74, 6) is 0. The standard InChI is InChI=1S/C15H12N4O/c1-17-13-3-2-8-16-14(13)19(15(17)20)12-6-4-11(5-7-12)18-9-10-18/h2-10H,1H3. The number of aromatic nitrogens is 3. The molecule has 1 aromatic carbocycles. The maximum absolute atomic E-state index is 12.4. The Hall–Kier alpha value is -2.82. The van der Waals surface area contributed by atoms with Gasteiger partial charge in [-0.25, -0.2) is 14.3 Å². The minimum Gasteiger partial charge on any atom is -0.321 e. The van der Waals surface area contributed by atoms with Gasteiger partial charge in [0.15, 0.2) is 5.65 Å². The Morgan fingerprint density at radius 1 is 1.00 bits per heavy atom. The molecule has 0 spiro atoms. The molecule has 4 rings (SSSR count). The molecule has 2 aromatic heterocycles.